The van der Waals surface area contributed by atoms with Gasteiger partial charge in [-0.1, -0.05) is 0 Å². The van der Waals surface area contributed by atoms with Crippen LogP contribution in [0.4, 0.5) is 24.5 Å². The Hall–Kier alpha value is -1.92. The average molecular weight is 290 g/mol. The molecule has 0 aliphatic rings. The first-order valence-corrected chi connectivity index (χ1v) is 6.20. The molecule has 0 amide bonds. The van der Waals surface area contributed by atoms with E-state index < -0.39 is 11.7 Å². The van der Waals surface area contributed by atoms with E-state index >= 15 is 0 Å². The first-order chi connectivity index (χ1) is 9.34. The zero-order valence-electron chi connectivity index (χ0n) is 11.1. The number of halogens is 3. The average Bonchev–Trinajstić information content (AvgIpc) is 2.35. The number of nitrogen functional groups attached to an aromatic ring is 1. The fourth-order valence-electron chi connectivity index (χ4n) is 1.64. The van der Waals surface area contributed by atoms with Crippen LogP contribution >= 0.6 is 0 Å². The monoisotopic (exact) mass is 290 g/mol. The van der Waals surface area contributed by atoms with Crippen LogP contribution in [-0.4, -0.2) is 19.1 Å². The van der Waals surface area contributed by atoms with Gasteiger partial charge in [0.1, 0.15) is 0 Å². The predicted octanol–water partition coefficient (Wildman–Crippen LogP) is 3.04. The molecule has 1 aromatic carbocycles. The van der Waals surface area contributed by atoms with Crippen LogP contribution in [0.2, 0.25) is 0 Å². The smallest absolute Gasteiger partial charge is 0.418 e. The molecule has 0 fully saturated rings. The minimum absolute atomic E-state index is 0.0458. The molecule has 1 aromatic rings. The molecule has 0 heterocycles. The van der Waals surface area contributed by atoms with Gasteiger partial charge >= 0.3 is 12.1 Å². The largest absolute Gasteiger partial charge is 0.466 e. The first-order valence-electron chi connectivity index (χ1n) is 6.20. The number of carbonyl (C=O) groups is 1. The van der Waals surface area contributed by atoms with E-state index in [1.165, 1.54) is 12.1 Å². The van der Waals surface area contributed by atoms with E-state index in [9.17, 15) is 18.0 Å². The Morgan fingerprint density at radius 2 is 2.10 bits per heavy atom. The fourth-order valence-corrected chi connectivity index (χ4v) is 1.64. The molecular weight excluding hydrogens is 273 g/mol. The molecule has 0 aliphatic heterocycles. The van der Waals surface area contributed by atoms with Crippen LogP contribution in [0.1, 0.15) is 25.3 Å². The zero-order valence-corrected chi connectivity index (χ0v) is 11.1. The standard InChI is InChI=1S/C13H17F3N2O2/c1-2-20-12(19)4-3-7-18-11-6-5-9(17)8-10(11)13(14,15)16/h5-6,8,18H,2-4,7,17H2,1H3. The molecule has 0 radical (unpaired) electrons. The molecule has 0 bridgehead atoms. The lowest BCUT2D eigenvalue weighted by Gasteiger charge is -2.15. The van der Waals surface area contributed by atoms with Gasteiger partial charge in [0, 0.05) is 24.3 Å². The number of nitrogens with two attached hydrogens (primary N) is 1. The number of carbonyl (C=O) groups excluding carboxylic acids is 1. The van der Waals surface area contributed by atoms with Gasteiger partial charge in [-0.15, -0.1) is 0 Å². The lowest BCUT2D eigenvalue weighted by atomic mass is 10.1. The molecule has 0 spiro atoms. The number of alkyl halides is 3. The van der Waals surface area contributed by atoms with E-state index in [4.69, 9.17) is 10.5 Å². The van der Waals surface area contributed by atoms with Crippen LogP contribution in [-0.2, 0) is 15.7 Å². The predicted molar refractivity (Wildman–Crippen MR) is 70.2 cm³/mol. The van der Waals surface area contributed by atoms with Gasteiger partial charge in [0.15, 0.2) is 0 Å². The molecule has 3 N–H and O–H groups in total. The van der Waals surface area contributed by atoms with E-state index in [-0.39, 0.29) is 30.3 Å². The summed E-state index contributed by atoms with van der Waals surface area (Å²) in [5.41, 5.74) is 4.56. The van der Waals surface area contributed by atoms with E-state index in [0.29, 0.717) is 13.0 Å². The minimum Gasteiger partial charge on any atom is -0.466 e. The summed E-state index contributed by atoms with van der Waals surface area (Å²) in [6, 6.07) is 3.55. The molecule has 0 unspecified atom stereocenters. The molecule has 112 valence electrons. The van der Waals surface area contributed by atoms with Gasteiger partial charge in [0.2, 0.25) is 0 Å². The summed E-state index contributed by atoms with van der Waals surface area (Å²) in [5.74, 6) is -0.359. The third-order valence-corrected chi connectivity index (χ3v) is 2.53. The molecule has 0 saturated carbocycles. The minimum atomic E-state index is -4.47. The maximum Gasteiger partial charge on any atom is 0.418 e. The highest BCUT2D eigenvalue weighted by Crippen LogP contribution is 2.35. The van der Waals surface area contributed by atoms with E-state index in [1.807, 2.05) is 0 Å². The van der Waals surface area contributed by atoms with Crippen molar-refractivity contribution in [1.82, 2.24) is 0 Å². The molecule has 0 aliphatic carbocycles. The topological polar surface area (TPSA) is 64.3 Å². The second-order valence-electron chi connectivity index (χ2n) is 4.14. The molecule has 1 rings (SSSR count). The van der Waals surface area contributed by atoms with Crippen LogP contribution in [0, 0.1) is 0 Å². The Morgan fingerprint density at radius 3 is 2.70 bits per heavy atom. The van der Waals surface area contributed by atoms with Crippen LogP contribution in [0.5, 0.6) is 0 Å². The molecule has 4 nitrogen and oxygen atoms in total. The highest BCUT2D eigenvalue weighted by molar-refractivity contribution is 5.69. The van der Waals surface area contributed by atoms with Gasteiger partial charge in [-0.3, -0.25) is 4.79 Å². The van der Waals surface area contributed by atoms with Crippen molar-refractivity contribution < 1.29 is 22.7 Å². The van der Waals surface area contributed by atoms with Crippen molar-refractivity contribution in [2.45, 2.75) is 25.9 Å². The summed E-state index contributed by atoms with van der Waals surface area (Å²) in [6.07, 6.45) is -3.92. The Labute approximate surface area is 115 Å². The first kappa shape index (κ1) is 16.1. The van der Waals surface area contributed by atoms with Gasteiger partial charge in [0.05, 0.1) is 12.2 Å². The van der Waals surface area contributed by atoms with Crippen molar-refractivity contribution in [1.29, 1.82) is 0 Å². The van der Waals surface area contributed by atoms with Crippen molar-refractivity contribution in [3.63, 3.8) is 0 Å². The molecule has 0 atom stereocenters. The van der Waals surface area contributed by atoms with Crippen molar-refractivity contribution in [3.8, 4) is 0 Å². The number of esters is 1. The second kappa shape index (κ2) is 7.02. The summed E-state index contributed by atoms with van der Waals surface area (Å²) in [6.45, 7) is 2.23. The van der Waals surface area contributed by atoms with Gasteiger partial charge < -0.3 is 15.8 Å². The lowest BCUT2D eigenvalue weighted by molar-refractivity contribution is -0.143. The molecule has 7 heteroatoms. The summed E-state index contributed by atoms with van der Waals surface area (Å²) < 4.78 is 43.1. The second-order valence-corrected chi connectivity index (χ2v) is 4.14. The van der Waals surface area contributed by atoms with Crippen molar-refractivity contribution in [2.24, 2.45) is 0 Å². The van der Waals surface area contributed by atoms with Crippen molar-refractivity contribution in [2.75, 3.05) is 24.2 Å². The number of ether oxygens (including phenoxy) is 1. The Kier molecular flexibility index (Phi) is 5.66. The molecular formula is C13H17F3N2O2. The fraction of sp³-hybridized carbons (Fsp3) is 0.462. The maximum atomic E-state index is 12.8. The van der Waals surface area contributed by atoms with Crippen LogP contribution in [0.3, 0.4) is 0 Å². The van der Waals surface area contributed by atoms with E-state index in [2.05, 4.69) is 5.32 Å². The third kappa shape index (κ3) is 4.99. The summed E-state index contributed by atoms with van der Waals surface area (Å²) in [4.78, 5) is 11.1. The van der Waals surface area contributed by atoms with Gasteiger partial charge in [0.25, 0.3) is 0 Å². The Morgan fingerprint density at radius 1 is 1.40 bits per heavy atom. The number of hydrogen-bond donors (Lipinski definition) is 2. The van der Waals surface area contributed by atoms with Crippen LogP contribution < -0.4 is 11.1 Å². The number of anilines is 2. The Balaban J connectivity index is 2.58. The van der Waals surface area contributed by atoms with Crippen LogP contribution in [0.15, 0.2) is 18.2 Å². The summed E-state index contributed by atoms with van der Waals surface area (Å²) in [5, 5.41) is 2.66. The number of hydrogen-bond acceptors (Lipinski definition) is 4. The zero-order chi connectivity index (χ0) is 15.2. The van der Waals surface area contributed by atoms with Gasteiger partial charge in [-0.2, -0.15) is 13.2 Å². The van der Waals surface area contributed by atoms with Crippen molar-refractivity contribution >= 4 is 17.3 Å². The van der Waals surface area contributed by atoms with Gasteiger partial charge in [-0.25, -0.2) is 0 Å². The molecule has 0 saturated heterocycles. The summed E-state index contributed by atoms with van der Waals surface area (Å²) >= 11 is 0. The number of rotatable bonds is 6. The Bertz CT molecular complexity index is 461. The third-order valence-electron chi connectivity index (χ3n) is 2.53. The quantitative estimate of drug-likeness (QED) is 0.480. The lowest BCUT2D eigenvalue weighted by Crippen LogP contribution is -2.13. The SMILES string of the molecule is CCOC(=O)CCCNc1ccc(N)cc1C(F)(F)F. The van der Waals surface area contributed by atoms with E-state index in [0.717, 1.165) is 6.07 Å². The summed E-state index contributed by atoms with van der Waals surface area (Å²) in [7, 11) is 0. The maximum absolute atomic E-state index is 12.8. The number of nitrogens with one attached hydrogen (secondary N) is 1. The molecule has 0 aromatic heterocycles. The highest BCUT2D eigenvalue weighted by atomic mass is 19.4. The molecule has 20 heavy (non-hydrogen) atoms. The van der Waals surface area contributed by atoms with Crippen LogP contribution in [0.25, 0.3) is 0 Å². The number of benzene rings is 1. The normalized spacial score (nSPS) is 11.2. The van der Waals surface area contributed by atoms with E-state index in [1.54, 1.807) is 6.92 Å². The highest BCUT2D eigenvalue weighted by Gasteiger charge is 2.33. The van der Waals surface area contributed by atoms with Gasteiger partial charge in [-0.05, 0) is 31.5 Å². The van der Waals surface area contributed by atoms with Crippen molar-refractivity contribution in [3.05, 3.63) is 23.8 Å².